The van der Waals surface area contributed by atoms with Crippen LogP contribution in [0.3, 0.4) is 0 Å². The van der Waals surface area contributed by atoms with Crippen molar-refractivity contribution >= 4 is 68.7 Å². The van der Waals surface area contributed by atoms with E-state index in [0.29, 0.717) is 0 Å². The van der Waals surface area contributed by atoms with Crippen LogP contribution < -0.4 is 30.1 Å². The number of hydrogen-bond donors (Lipinski definition) is 0. The molecule has 0 unspecified atom stereocenters. The third-order valence-corrected chi connectivity index (χ3v) is 14.1. The molecule has 4 nitrogen and oxygen atoms in total. The molecule has 266 valence electrons. The van der Waals surface area contributed by atoms with Crippen LogP contribution in [0.25, 0.3) is 21.9 Å². The van der Waals surface area contributed by atoms with Gasteiger partial charge in [-0.15, -0.1) is 0 Å². The molecule has 6 heteroatoms. The first-order chi connectivity index (χ1) is 26.7. The molecule has 7 aromatic rings. The van der Waals surface area contributed by atoms with Crippen LogP contribution in [0, 0.1) is 6.92 Å². The van der Waals surface area contributed by atoms with Gasteiger partial charge in [-0.25, -0.2) is 0 Å². The highest BCUT2D eigenvalue weighted by Gasteiger charge is 2.49. The molecule has 0 atom stereocenters. The highest BCUT2D eigenvalue weighted by molar-refractivity contribution is 7.99. The average molecular weight is 731 g/mol. The minimum absolute atomic E-state index is 0.0493. The van der Waals surface area contributed by atoms with Gasteiger partial charge in [0, 0.05) is 43.9 Å². The van der Waals surface area contributed by atoms with E-state index in [1.165, 1.54) is 88.5 Å². The van der Waals surface area contributed by atoms with Crippen molar-refractivity contribution in [1.82, 2.24) is 0 Å². The number of rotatable bonds is 1. The fourth-order valence-electron chi connectivity index (χ4n) is 10.1. The monoisotopic (exact) mass is 730 g/mol. The molecule has 0 N–H and O–H groups in total. The van der Waals surface area contributed by atoms with Crippen LogP contribution in [0.5, 0.6) is 23.0 Å². The second-order valence-corrected chi connectivity index (χ2v) is 18.3. The Kier molecular flexibility index (Phi) is 6.23. The highest BCUT2D eigenvalue weighted by atomic mass is 32.2. The topological polar surface area (TPSA) is 24.9 Å². The van der Waals surface area contributed by atoms with Gasteiger partial charge < -0.3 is 19.2 Å². The van der Waals surface area contributed by atoms with Gasteiger partial charge in [-0.05, 0) is 118 Å². The molecule has 0 fully saturated rings. The molecule has 4 aliphatic heterocycles. The fourth-order valence-corrected chi connectivity index (χ4v) is 11.2. The van der Waals surface area contributed by atoms with Gasteiger partial charge in [0.1, 0.15) is 0 Å². The number of nitrogens with zero attached hydrogens (tertiary/aromatic N) is 2. The molecule has 5 aliphatic rings. The van der Waals surface area contributed by atoms with Gasteiger partial charge >= 0.3 is 6.85 Å². The summed E-state index contributed by atoms with van der Waals surface area (Å²) >= 11 is 1.87. The van der Waals surface area contributed by atoms with Crippen LogP contribution in [-0.2, 0) is 10.8 Å². The molecule has 1 aliphatic carbocycles. The first kappa shape index (κ1) is 31.7. The van der Waals surface area contributed by atoms with Crippen LogP contribution in [-0.4, -0.2) is 6.85 Å². The van der Waals surface area contributed by atoms with Crippen LogP contribution in [0.4, 0.5) is 28.4 Å². The van der Waals surface area contributed by atoms with E-state index in [1.807, 2.05) is 36.0 Å². The normalized spacial score (nSPS) is 17.1. The molecule has 0 saturated heterocycles. The van der Waals surface area contributed by atoms with Gasteiger partial charge in [-0.1, -0.05) is 106 Å². The third kappa shape index (κ3) is 4.26. The maximum absolute atomic E-state index is 6.72. The van der Waals surface area contributed by atoms with Crippen LogP contribution in [0.2, 0.25) is 0 Å². The van der Waals surface area contributed by atoms with E-state index >= 15 is 0 Å². The van der Waals surface area contributed by atoms with E-state index in [0.717, 1.165) is 35.1 Å². The molecule has 12 rings (SSSR count). The first-order valence-electron chi connectivity index (χ1n) is 19.5. The number of ether oxygens (including phenoxy) is 2. The lowest BCUT2D eigenvalue weighted by atomic mass is 9.43. The van der Waals surface area contributed by atoms with Crippen molar-refractivity contribution in [2.75, 3.05) is 9.71 Å². The van der Waals surface area contributed by atoms with Crippen molar-refractivity contribution in [3.63, 3.8) is 0 Å². The Hall–Kier alpha value is -5.59. The van der Waals surface area contributed by atoms with Gasteiger partial charge in [0.25, 0.3) is 0 Å². The third-order valence-electron chi connectivity index (χ3n) is 13.0. The average Bonchev–Trinajstić information content (AvgIpc) is 3.19. The minimum Gasteiger partial charge on any atom is -0.450 e. The van der Waals surface area contributed by atoms with E-state index in [9.17, 15) is 0 Å². The van der Waals surface area contributed by atoms with Gasteiger partial charge in [0.2, 0.25) is 0 Å². The van der Waals surface area contributed by atoms with Gasteiger partial charge in [-0.3, -0.25) is 0 Å². The number of aryl methyl sites for hydroxylation is 1. The summed E-state index contributed by atoms with van der Waals surface area (Å²) in [6.45, 7) is 11.9. The molecular formula is C49H39BN2O2S. The summed E-state index contributed by atoms with van der Waals surface area (Å²) in [6, 6.07) is 44.7. The summed E-state index contributed by atoms with van der Waals surface area (Å²) in [5, 5.41) is 2.48. The summed E-state index contributed by atoms with van der Waals surface area (Å²) in [5.74, 6) is 2.94. The largest absolute Gasteiger partial charge is 0.450 e. The van der Waals surface area contributed by atoms with E-state index < -0.39 is 0 Å². The lowest BCUT2D eigenvalue weighted by molar-refractivity contribution is 0.332. The molecule has 0 radical (unpaired) electrons. The predicted molar refractivity (Wildman–Crippen MR) is 228 cm³/mol. The van der Waals surface area contributed by atoms with Crippen molar-refractivity contribution in [2.24, 2.45) is 0 Å². The van der Waals surface area contributed by atoms with Crippen molar-refractivity contribution in [3.05, 3.63) is 138 Å². The van der Waals surface area contributed by atoms with E-state index in [-0.39, 0.29) is 17.7 Å². The molecule has 0 spiro atoms. The second-order valence-electron chi connectivity index (χ2n) is 17.2. The highest BCUT2D eigenvalue weighted by Crippen LogP contribution is 2.58. The molecule has 0 aromatic heterocycles. The Morgan fingerprint density at radius 1 is 0.582 bits per heavy atom. The Balaban J connectivity index is 1.23. The zero-order valence-electron chi connectivity index (χ0n) is 31.7. The summed E-state index contributed by atoms with van der Waals surface area (Å²) in [7, 11) is 0. The fraction of sp³-hybridized carbons (Fsp3) is 0.184. The first-order valence-corrected chi connectivity index (χ1v) is 20.3. The summed E-state index contributed by atoms with van der Waals surface area (Å²) in [4.78, 5) is 7.76. The Bertz CT molecular complexity index is 2860. The molecule has 7 aromatic carbocycles. The Labute approximate surface area is 326 Å². The molecule has 0 bridgehead atoms. The SMILES string of the molecule is Cc1cc2c(cc1N1c3cc4c(cc3B3c5c(cc6ccccc6c51)-c1cccc5c1N3c1ccccc1S5)Oc1ccccc1O4)C(C)(C)CCC2(C)C. The summed E-state index contributed by atoms with van der Waals surface area (Å²) < 4.78 is 13.4. The zero-order chi connectivity index (χ0) is 37.0. The maximum atomic E-state index is 6.72. The van der Waals surface area contributed by atoms with Crippen molar-refractivity contribution in [1.29, 1.82) is 0 Å². The van der Waals surface area contributed by atoms with Crippen molar-refractivity contribution in [3.8, 4) is 34.1 Å². The molecule has 4 heterocycles. The van der Waals surface area contributed by atoms with E-state index in [1.54, 1.807) is 0 Å². The lowest BCUT2D eigenvalue weighted by Crippen LogP contribution is -2.62. The van der Waals surface area contributed by atoms with Gasteiger partial charge in [0.15, 0.2) is 23.0 Å². The number of fused-ring (bicyclic) bond motifs is 11. The molecule has 0 saturated carbocycles. The van der Waals surface area contributed by atoms with E-state index in [2.05, 4.69) is 141 Å². The van der Waals surface area contributed by atoms with Gasteiger partial charge in [-0.2, -0.15) is 0 Å². The lowest BCUT2D eigenvalue weighted by Gasteiger charge is -2.49. The Morgan fingerprint density at radius 3 is 2.05 bits per heavy atom. The Morgan fingerprint density at radius 2 is 1.25 bits per heavy atom. The van der Waals surface area contributed by atoms with Crippen LogP contribution in [0.15, 0.2) is 131 Å². The predicted octanol–water partition coefficient (Wildman–Crippen LogP) is 12.6. The van der Waals surface area contributed by atoms with Gasteiger partial charge in [0.05, 0.1) is 11.4 Å². The number of para-hydroxylation sites is 4. The number of anilines is 5. The number of benzene rings is 7. The molecule has 0 amide bonds. The van der Waals surface area contributed by atoms with E-state index in [4.69, 9.17) is 9.47 Å². The summed E-state index contributed by atoms with van der Waals surface area (Å²) in [5.41, 5.74) is 15.5. The van der Waals surface area contributed by atoms with Crippen molar-refractivity contribution < 1.29 is 9.47 Å². The minimum atomic E-state index is -0.115. The quantitative estimate of drug-likeness (QED) is 0.157. The van der Waals surface area contributed by atoms with Crippen LogP contribution in [0.1, 0.15) is 57.2 Å². The van der Waals surface area contributed by atoms with Crippen LogP contribution >= 0.6 is 11.8 Å². The standard InChI is InChI=1S/C49H39BN2O2S/c1-28-23-33-34(49(4,5)22-21-48(33,2)3)25-37(28)51-38-27-42-41(53-39-17-9-10-18-40(39)54-42)26-35(38)50-45-32(24-29-13-6-7-14-30(29)47(45)51)31-15-12-20-44-46(31)52(50)36-16-8-11-19-43(36)55-44/h6-20,23-27H,21-22H2,1-5H3. The zero-order valence-corrected chi connectivity index (χ0v) is 32.5. The summed E-state index contributed by atoms with van der Waals surface area (Å²) in [6.07, 6.45) is 2.33. The smallest absolute Gasteiger partial charge is 0.333 e. The number of hydrogen-bond acceptors (Lipinski definition) is 5. The molecule has 55 heavy (non-hydrogen) atoms. The maximum Gasteiger partial charge on any atom is 0.333 e. The molecular weight excluding hydrogens is 691 g/mol. The second kappa shape index (κ2) is 10.8. The van der Waals surface area contributed by atoms with Crippen molar-refractivity contribution in [2.45, 2.75) is 68.1 Å².